The van der Waals surface area contributed by atoms with E-state index < -0.39 is 52.6 Å². The van der Waals surface area contributed by atoms with Crippen molar-refractivity contribution in [3.05, 3.63) is 35.9 Å². The smallest absolute Gasteiger partial charge is 0.252 e. The number of fused-ring (bicyclic) bond motifs is 1. The molecule has 46 heavy (non-hydrogen) atoms. The zero-order chi connectivity index (χ0) is 34.4. The van der Waals surface area contributed by atoms with Gasteiger partial charge in [-0.05, 0) is 78.2 Å². The Bertz CT molecular complexity index is 1210. The van der Waals surface area contributed by atoms with Crippen molar-refractivity contribution in [1.82, 2.24) is 20.9 Å². The Morgan fingerprint density at radius 2 is 1.54 bits per heavy atom. The fourth-order valence-corrected chi connectivity index (χ4v) is 7.08. The van der Waals surface area contributed by atoms with Crippen molar-refractivity contribution in [2.45, 2.75) is 136 Å². The molecule has 0 bridgehead atoms. The standard InChI is InChI=1S/C36H58N4O6/c1-23(41)20-35(5,6)30(38-33(45)36(7,8)46)32(44)37-27(18-24-14-10-9-11-15-24)29(42)22-40-21-26-17-13-12-16-25(26)19-28(40)31(43)39-34(2,3)4/h9-11,14-15,25-30,42,46H,12-13,16-22H2,1-8H3,(H,37,44)(H,38,45)(H,39,43)/t25-,26?,27?,28-,29+,30+/m0/s1. The molecule has 0 radical (unpaired) electrons. The van der Waals surface area contributed by atoms with Crippen LogP contribution < -0.4 is 16.0 Å². The predicted molar refractivity (Wildman–Crippen MR) is 179 cm³/mol. The van der Waals surface area contributed by atoms with E-state index in [0.29, 0.717) is 24.8 Å². The van der Waals surface area contributed by atoms with Crippen molar-refractivity contribution < 1.29 is 29.4 Å². The van der Waals surface area contributed by atoms with Gasteiger partial charge >= 0.3 is 0 Å². The van der Waals surface area contributed by atoms with Crippen LogP contribution in [0.2, 0.25) is 0 Å². The number of likely N-dealkylation sites (tertiary alicyclic amines) is 1. The molecule has 2 aliphatic rings. The van der Waals surface area contributed by atoms with E-state index in [-0.39, 0.29) is 24.7 Å². The first-order valence-corrected chi connectivity index (χ1v) is 16.9. The topological polar surface area (TPSA) is 148 Å². The van der Waals surface area contributed by atoms with Gasteiger partial charge in [-0.3, -0.25) is 19.3 Å². The lowest BCUT2D eigenvalue weighted by atomic mass is 9.72. The fourth-order valence-electron chi connectivity index (χ4n) is 7.08. The molecule has 1 heterocycles. The van der Waals surface area contributed by atoms with E-state index in [1.54, 1.807) is 13.8 Å². The number of carbonyl (C=O) groups excluding carboxylic acids is 4. The van der Waals surface area contributed by atoms with Crippen LogP contribution in [-0.4, -0.2) is 87.1 Å². The summed E-state index contributed by atoms with van der Waals surface area (Å²) in [7, 11) is 0. The zero-order valence-corrected chi connectivity index (χ0v) is 29.2. The highest BCUT2D eigenvalue weighted by atomic mass is 16.3. The largest absolute Gasteiger partial charge is 0.390 e. The Morgan fingerprint density at radius 3 is 2.11 bits per heavy atom. The van der Waals surface area contributed by atoms with Crippen LogP contribution in [0.3, 0.4) is 0 Å². The summed E-state index contributed by atoms with van der Waals surface area (Å²) in [4.78, 5) is 54.8. The Balaban J connectivity index is 1.91. The highest BCUT2D eigenvalue weighted by Gasteiger charge is 2.43. The molecule has 10 heteroatoms. The molecule has 2 unspecified atom stereocenters. The molecule has 0 aromatic heterocycles. The third-order valence-corrected chi connectivity index (χ3v) is 9.39. The lowest BCUT2D eigenvalue weighted by Gasteiger charge is -2.47. The Labute approximate surface area is 275 Å². The molecule has 1 aliphatic carbocycles. The van der Waals surface area contributed by atoms with Crippen LogP contribution in [0.15, 0.2) is 30.3 Å². The van der Waals surface area contributed by atoms with E-state index in [1.165, 1.54) is 27.2 Å². The van der Waals surface area contributed by atoms with Gasteiger partial charge in [0.05, 0.1) is 18.2 Å². The lowest BCUT2D eigenvalue weighted by Crippen LogP contribution is -2.63. The number of ketones is 1. The van der Waals surface area contributed by atoms with Crippen LogP contribution in [0.25, 0.3) is 0 Å². The summed E-state index contributed by atoms with van der Waals surface area (Å²) in [5.41, 5.74) is -2.23. The van der Waals surface area contributed by atoms with Gasteiger partial charge in [-0.15, -0.1) is 0 Å². The molecule has 5 N–H and O–H groups in total. The van der Waals surface area contributed by atoms with Crippen molar-refractivity contribution in [2.75, 3.05) is 13.1 Å². The van der Waals surface area contributed by atoms with Crippen LogP contribution in [-0.2, 0) is 25.6 Å². The predicted octanol–water partition coefficient (Wildman–Crippen LogP) is 3.13. The van der Waals surface area contributed by atoms with E-state index in [9.17, 15) is 29.4 Å². The van der Waals surface area contributed by atoms with Gasteiger partial charge in [0.2, 0.25) is 11.8 Å². The van der Waals surface area contributed by atoms with Crippen LogP contribution in [0.4, 0.5) is 0 Å². The molecule has 3 rings (SSSR count). The second-order valence-corrected chi connectivity index (χ2v) is 16.0. The van der Waals surface area contributed by atoms with Crippen LogP contribution >= 0.6 is 0 Å². The van der Waals surface area contributed by atoms with Gasteiger partial charge in [0.15, 0.2) is 0 Å². The summed E-state index contributed by atoms with van der Waals surface area (Å²) in [6, 6.07) is 7.21. The molecular weight excluding hydrogens is 584 g/mol. The monoisotopic (exact) mass is 642 g/mol. The number of nitrogens with zero attached hydrogens (tertiary/aromatic N) is 1. The van der Waals surface area contributed by atoms with E-state index in [0.717, 1.165) is 31.2 Å². The highest BCUT2D eigenvalue weighted by Crippen LogP contribution is 2.39. The van der Waals surface area contributed by atoms with Crippen LogP contribution in [0.5, 0.6) is 0 Å². The fraction of sp³-hybridized carbons (Fsp3) is 0.722. The number of benzene rings is 1. The second kappa shape index (κ2) is 15.4. The number of amides is 3. The van der Waals surface area contributed by atoms with Gasteiger partial charge in [-0.25, -0.2) is 0 Å². The summed E-state index contributed by atoms with van der Waals surface area (Å²) in [6.07, 6.45) is 4.57. The number of aliphatic hydroxyl groups excluding tert-OH is 1. The number of rotatable bonds is 13. The number of carbonyl (C=O) groups is 4. The molecule has 1 aromatic rings. The van der Waals surface area contributed by atoms with Gasteiger partial charge in [0, 0.05) is 30.5 Å². The number of hydrogen-bond acceptors (Lipinski definition) is 7. The summed E-state index contributed by atoms with van der Waals surface area (Å²) >= 11 is 0. The number of β-amino-alcohol motifs (C(OH)–C–C–N with tert-alkyl or cyclic N) is 1. The Morgan fingerprint density at radius 1 is 0.935 bits per heavy atom. The molecule has 1 saturated heterocycles. The molecule has 6 atom stereocenters. The molecular formula is C36H58N4O6. The third kappa shape index (κ3) is 10.9. The van der Waals surface area contributed by atoms with Crippen LogP contribution in [0, 0.1) is 17.3 Å². The number of hydrogen-bond donors (Lipinski definition) is 5. The first kappa shape index (κ1) is 37.6. The first-order valence-electron chi connectivity index (χ1n) is 16.9. The van der Waals surface area contributed by atoms with Crippen molar-refractivity contribution >= 4 is 23.5 Å². The first-order chi connectivity index (χ1) is 21.3. The van der Waals surface area contributed by atoms with Gasteiger partial charge in [-0.1, -0.05) is 63.4 Å². The van der Waals surface area contributed by atoms with Gasteiger partial charge < -0.3 is 31.0 Å². The van der Waals surface area contributed by atoms with Crippen molar-refractivity contribution in [3.63, 3.8) is 0 Å². The highest BCUT2D eigenvalue weighted by molar-refractivity contribution is 5.92. The van der Waals surface area contributed by atoms with Gasteiger partial charge in [-0.2, -0.15) is 0 Å². The molecule has 3 amide bonds. The Kier molecular flexibility index (Phi) is 12.6. The Hall–Kier alpha value is -2.82. The summed E-state index contributed by atoms with van der Waals surface area (Å²) in [5, 5.41) is 31.0. The van der Waals surface area contributed by atoms with Crippen molar-refractivity contribution in [1.29, 1.82) is 0 Å². The van der Waals surface area contributed by atoms with Crippen LogP contribution in [0.1, 0.15) is 99.5 Å². The summed E-state index contributed by atoms with van der Waals surface area (Å²) in [6.45, 7) is 14.3. The molecule has 10 nitrogen and oxygen atoms in total. The molecule has 0 spiro atoms. The van der Waals surface area contributed by atoms with Gasteiger partial charge in [0.25, 0.3) is 5.91 Å². The minimum Gasteiger partial charge on any atom is -0.390 e. The number of Topliss-reactive ketones (excluding diaryl/α,β-unsaturated/α-hetero) is 1. The molecule has 1 saturated carbocycles. The van der Waals surface area contributed by atoms with Gasteiger partial charge in [0.1, 0.15) is 17.4 Å². The van der Waals surface area contributed by atoms with E-state index in [2.05, 4.69) is 20.9 Å². The number of piperidine rings is 1. The van der Waals surface area contributed by atoms with Crippen molar-refractivity contribution in [3.8, 4) is 0 Å². The average molecular weight is 643 g/mol. The van der Waals surface area contributed by atoms with E-state index >= 15 is 0 Å². The maximum atomic E-state index is 14.0. The summed E-state index contributed by atoms with van der Waals surface area (Å²) < 4.78 is 0. The maximum absolute atomic E-state index is 14.0. The molecule has 258 valence electrons. The molecule has 2 fully saturated rings. The second-order valence-electron chi connectivity index (χ2n) is 16.0. The van der Waals surface area contributed by atoms with Crippen molar-refractivity contribution in [2.24, 2.45) is 17.3 Å². The normalized spacial score (nSPS) is 23.0. The quantitative estimate of drug-likeness (QED) is 0.222. The minimum atomic E-state index is -1.75. The SMILES string of the molecule is CC(=O)CC(C)(C)[C@H](NC(=O)C(C)(C)O)C(=O)NC(Cc1ccccc1)[C@H](O)CN1CC2CCCC[C@H]2C[C@H]1C(=O)NC(C)(C)C. The number of nitrogens with one attached hydrogen (secondary N) is 3. The van der Waals surface area contributed by atoms with E-state index in [1.807, 2.05) is 51.1 Å². The molecule has 1 aliphatic heterocycles. The average Bonchev–Trinajstić information content (AvgIpc) is 2.93. The summed E-state index contributed by atoms with van der Waals surface area (Å²) in [5.74, 6) is -0.569. The third-order valence-electron chi connectivity index (χ3n) is 9.39. The minimum absolute atomic E-state index is 0.0179. The number of aliphatic hydroxyl groups is 2. The maximum Gasteiger partial charge on any atom is 0.252 e. The van der Waals surface area contributed by atoms with E-state index in [4.69, 9.17) is 0 Å². The lowest BCUT2D eigenvalue weighted by molar-refractivity contribution is -0.142. The molecule has 1 aromatic carbocycles. The zero-order valence-electron chi connectivity index (χ0n) is 29.2.